The Morgan fingerprint density at radius 1 is 1.36 bits per heavy atom. The van der Waals surface area contributed by atoms with Crippen molar-refractivity contribution in [3.05, 3.63) is 16.3 Å². The van der Waals surface area contributed by atoms with Crippen LogP contribution in [0.4, 0.5) is 5.82 Å². The summed E-state index contributed by atoms with van der Waals surface area (Å²) in [5, 5.41) is 0. The molecule has 14 heavy (non-hydrogen) atoms. The molecule has 0 saturated heterocycles. The second-order valence-electron chi connectivity index (χ2n) is 3.90. The summed E-state index contributed by atoms with van der Waals surface area (Å²) in [5.74, 6) is 1.19. The molecule has 2 aromatic rings. The number of nitrogen functional groups attached to an aromatic ring is 1. The normalized spacial score (nSPS) is 11.8. The van der Waals surface area contributed by atoms with Crippen LogP contribution in [0.2, 0.25) is 0 Å². The number of aromatic nitrogens is 2. The summed E-state index contributed by atoms with van der Waals surface area (Å²) in [5.41, 5.74) is 8.28. The molecule has 2 aromatic heterocycles. The summed E-state index contributed by atoms with van der Waals surface area (Å²) in [6.45, 7) is 8.42. The smallest absolute Gasteiger partial charge is 0.196 e. The molecule has 0 saturated carbocycles. The quantitative estimate of drug-likeness (QED) is 0.784. The maximum Gasteiger partial charge on any atom is 0.196 e. The number of imidazole rings is 1. The van der Waals surface area contributed by atoms with Gasteiger partial charge in [0.1, 0.15) is 5.82 Å². The maximum absolute atomic E-state index is 6.06. The van der Waals surface area contributed by atoms with Gasteiger partial charge in [0.05, 0.1) is 5.69 Å². The Kier molecular flexibility index (Phi) is 2.03. The number of thiazole rings is 1. The van der Waals surface area contributed by atoms with E-state index >= 15 is 0 Å². The lowest BCUT2D eigenvalue weighted by Gasteiger charge is -2.02. The van der Waals surface area contributed by atoms with Gasteiger partial charge in [-0.25, -0.2) is 4.98 Å². The molecule has 0 fully saturated rings. The molecule has 76 valence electrons. The number of hydrogen-bond donors (Lipinski definition) is 1. The van der Waals surface area contributed by atoms with E-state index in [-0.39, 0.29) is 0 Å². The number of anilines is 1. The van der Waals surface area contributed by atoms with Crippen LogP contribution >= 0.6 is 11.3 Å². The molecule has 0 aliphatic rings. The van der Waals surface area contributed by atoms with E-state index in [1.807, 2.05) is 0 Å². The van der Waals surface area contributed by atoms with Crippen LogP contribution in [0.5, 0.6) is 0 Å². The van der Waals surface area contributed by atoms with Gasteiger partial charge in [-0.05, 0) is 19.8 Å². The lowest BCUT2D eigenvalue weighted by atomic mass is 10.1. The molecule has 2 N–H and O–H groups in total. The molecule has 3 nitrogen and oxygen atoms in total. The number of nitrogens with two attached hydrogens (primary N) is 1. The van der Waals surface area contributed by atoms with Crippen molar-refractivity contribution in [3.8, 4) is 0 Å². The fraction of sp³-hybridized carbons (Fsp3) is 0.500. The Morgan fingerprint density at radius 2 is 2.00 bits per heavy atom. The summed E-state index contributed by atoms with van der Waals surface area (Å²) in [6.07, 6.45) is 0. The predicted molar refractivity (Wildman–Crippen MR) is 61.0 cm³/mol. The Bertz CT molecular complexity index is 479. The highest BCUT2D eigenvalue weighted by Crippen LogP contribution is 2.29. The van der Waals surface area contributed by atoms with Crippen molar-refractivity contribution >= 4 is 22.1 Å². The zero-order valence-electron chi connectivity index (χ0n) is 8.96. The molecule has 0 aromatic carbocycles. The lowest BCUT2D eigenvalue weighted by Crippen LogP contribution is -1.99. The second-order valence-corrected chi connectivity index (χ2v) is 5.08. The van der Waals surface area contributed by atoms with Gasteiger partial charge in [-0.3, -0.25) is 4.40 Å². The Morgan fingerprint density at radius 3 is 2.50 bits per heavy atom. The Balaban J connectivity index is 2.77. The van der Waals surface area contributed by atoms with Crippen molar-refractivity contribution in [2.75, 3.05) is 5.73 Å². The minimum atomic E-state index is 0.391. The molecule has 0 aliphatic heterocycles. The summed E-state index contributed by atoms with van der Waals surface area (Å²) < 4.78 is 2.05. The molecule has 4 heteroatoms. The van der Waals surface area contributed by atoms with Crippen molar-refractivity contribution in [1.29, 1.82) is 0 Å². The minimum absolute atomic E-state index is 0.391. The van der Waals surface area contributed by atoms with Crippen LogP contribution in [0.25, 0.3) is 4.96 Å². The molecule has 0 atom stereocenters. The SMILES string of the molecule is Cc1sc2nc(C(C)C)c(N)n2c1C. The molecule has 0 bridgehead atoms. The van der Waals surface area contributed by atoms with E-state index in [2.05, 4.69) is 37.1 Å². The molecular formula is C10H15N3S. The zero-order valence-corrected chi connectivity index (χ0v) is 9.77. The van der Waals surface area contributed by atoms with Crippen LogP contribution in [0.1, 0.15) is 36.0 Å². The summed E-state index contributed by atoms with van der Waals surface area (Å²) >= 11 is 1.70. The Hall–Kier alpha value is -1.03. The third-order valence-electron chi connectivity index (χ3n) is 2.55. The average molecular weight is 209 g/mol. The first-order chi connectivity index (χ1) is 6.52. The highest BCUT2D eigenvalue weighted by atomic mass is 32.1. The fourth-order valence-electron chi connectivity index (χ4n) is 1.61. The molecule has 0 spiro atoms. The molecule has 0 aliphatic carbocycles. The predicted octanol–water partition coefficient (Wildman–Crippen LogP) is 2.72. The molecule has 0 amide bonds. The standard InChI is InChI=1S/C10H15N3S/c1-5(2)8-9(11)13-6(3)7(4)14-10(13)12-8/h5H,11H2,1-4H3. The van der Waals surface area contributed by atoms with Gasteiger partial charge in [-0.15, -0.1) is 11.3 Å². The number of fused-ring (bicyclic) bond motifs is 1. The molecule has 0 radical (unpaired) electrons. The van der Waals surface area contributed by atoms with Crippen molar-refractivity contribution in [2.45, 2.75) is 33.6 Å². The lowest BCUT2D eigenvalue weighted by molar-refractivity contribution is 0.838. The first-order valence-electron chi connectivity index (χ1n) is 4.76. The van der Waals surface area contributed by atoms with Gasteiger partial charge in [-0.2, -0.15) is 0 Å². The first-order valence-corrected chi connectivity index (χ1v) is 5.57. The minimum Gasteiger partial charge on any atom is -0.383 e. The number of aryl methyl sites for hydroxylation is 2. The zero-order chi connectivity index (χ0) is 10.5. The molecule has 0 unspecified atom stereocenters. The van der Waals surface area contributed by atoms with E-state index in [1.165, 1.54) is 10.6 Å². The van der Waals surface area contributed by atoms with Gasteiger partial charge in [0.15, 0.2) is 4.96 Å². The van der Waals surface area contributed by atoms with Crippen LogP contribution in [0.15, 0.2) is 0 Å². The summed E-state index contributed by atoms with van der Waals surface area (Å²) in [4.78, 5) is 6.85. The highest BCUT2D eigenvalue weighted by Gasteiger charge is 2.16. The number of hydrogen-bond acceptors (Lipinski definition) is 3. The van der Waals surface area contributed by atoms with Crippen molar-refractivity contribution in [2.24, 2.45) is 0 Å². The number of rotatable bonds is 1. The maximum atomic E-state index is 6.06. The van der Waals surface area contributed by atoms with Gasteiger partial charge >= 0.3 is 0 Å². The fourth-order valence-corrected chi connectivity index (χ4v) is 2.60. The summed E-state index contributed by atoms with van der Waals surface area (Å²) in [7, 11) is 0. The van der Waals surface area contributed by atoms with Crippen LogP contribution < -0.4 is 5.73 Å². The van der Waals surface area contributed by atoms with Gasteiger partial charge < -0.3 is 5.73 Å². The van der Waals surface area contributed by atoms with Crippen molar-refractivity contribution in [1.82, 2.24) is 9.38 Å². The van der Waals surface area contributed by atoms with Crippen LogP contribution in [-0.4, -0.2) is 9.38 Å². The van der Waals surface area contributed by atoms with Gasteiger partial charge in [0.25, 0.3) is 0 Å². The Labute approximate surface area is 87.6 Å². The molecular weight excluding hydrogens is 194 g/mol. The monoisotopic (exact) mass is 209 g/mol. The second kappa shape index (κ2) is 2.98. The van der Waals surface area contributed by atoms with E-state index in [0.29, 0.717) is 5.92 Å². The van der Waals surface area contributed by atoms with Crippen molar-refractivity contribution in [3.63, 3.8) is 0 Å². The van der Waals surface area contributed by atoms with E-state index < -0.39 is 0 Å². The van der Waals surface area contributed by atoms with Gasteiger partial charge in [-0.1, -0.05) is 13.8 Å². The van der Waals surface area contributed by atoms with E-state index in [1.54, 1.807) is 11.3 Å². The third-order valence-corrected chi connectivity index (χ3v) is 3.60. The van der Waals surface area contributed by atoms with Crippen LogP contribution in [-0.2, 0) is 0 Å². The largest absolute Gasteiger partial charge is 0.383 e. The third kappa shape index (κ3) is 1.14. The van der Waals surface area contributed by atoms with E-state index in [0.717, 1.165) is 16.5 Å². The molecule has 2 rings (SSSR count). The van der Waals surface area contributed by atoms with E-state index in [9.17, 15) is 0 Å². The number of nitrogens with zero attached hydrogens (tertiary/aromatic N) is 2. The van der Waals surface area contributed by atoms with Crippen LogP contribution in [0.3, 0.4) is 0 Å². The van der Waals surface area contributed by atoms with Gasteiger partial charge in [0, 0.05) is 10.6 Å². The highest BCUT2D eigenvalue weighted by molar-refractivity contribution is 7.17. The van der Waals surface area contributed by atoms with Crippen molar-refractivity contribution < 1.29 is 0 Å². The van der Waals surface area contributed by atoms with Gasteiger partial charge in [0.2, 0.25) is 0 Å². The first kappa shape index (κ1) is 9.52. The van der Waals surface area contributed by atoms with E-state index in [4.69, 9.17) is 5.73 Å². The van der Waals surface area contributed by atoms with Crippen LogP contribution in [0, 0.1) is 13.8 Å². The average Bonchev–Trinajstić information content (AvgIpc) is 2.54. The topological polar surface area (TPSA) is 43.3 Å². The summed E-state index contributed by atoms with van der Waals surface area (Å²) in [6, 6.07) is 0. The molecule has 2 heterocycles.